The standard InChI is InChI=1S/C19H18N8O2/c1-20-13-10-15(25-27-14(18(28)21-2)11-23-17(13)27)24-12-6-5-9-26(19(12)29)16-7-3-4-8-22-16/h3-11,20H,1-2H3,(H,21,28)(H,24,25). The zero-order valence-electron chi connectivity index (χ0n) is 15.7. The molecule has 4 rings (SSSR count). The molecule has 0 saturated heterocycles. The van der Waals surface area contributed by atoms with E-state index in [-0.39, 0.29) is 17.2 Å². The number of pyridine rings is 2. The summed E-state index contributed by atoms with van der Waals surface area (Å²) in [6, 6.07) is 10.4. The van der Waals surface area contributed by atoms with E-state index in [1.165, 1.54) is 22.3 Å². The van der Waals surface area contributed by atoms with E-state index in [1.54, 1.807) is 49.8 Å². The predicted molar refractivity (Wildman–Crippen MR) is 109 cm³/mol. The summed E-state index contributed by atoms with van der Waals surface area (Å²) in [5.74, 6) is 0.569. The molecule has 0 radical (unpaired) electrons. The van der Waals surface area contributed by atoms with Crippen LogP contribution in [0.1, 0.15) is 10.5 Å². The predicted octanol–water partition coefficient (Wildman–Crippen LogP) is 1.42. The maximum absolute atomic E-state index is 12.9. The van der Waals surface area contributed by atoms with Gasteiger partial charge in [0.25, 0.3) is 11.5 Å². The van der Waals surface area contributed by atoms with Gasteiger partial charge in [0.1, 0.15) is 11.5 Å². The van der Waals surface area contributed by atoms with Crippen LogP contribution in [-0.4, -0.2) is 44.2 Å². The summed E-state index contributed by atoms with van der Waals surface area (Å²) in [5.41, 5.74) is 1.46. The Labute approximate surface area is 165 Å². The van der Waals surface area contributed by atoms with Crippen molar-refractivity contribution >= 4 is 28.7 Å². The van der Waals surface area contributed by atoms with Crippen molar-refractivity contribution < 1.29 is 4.79 Å². The number of anilines is 3. The van der Waals surface area contributed by atoms with Crippen molar-refractivity contribution in [1.82, 2.24) is 29.5 Å². The number of fused-ring (bicyclic) bond motifs is 1. The Bertz CT molecular complexity index is 1250. The highest BCUT2D eigenvalue weighted by Gasteiger charge is 2.16. The third kappa shape index (κ3) is 3.27. The van der Waals surface area contributed by atoms with Gasteiger partial charge in [-0.15, -0.1) is 5.10 Å². The number of hydrogen-bond acceptors (Lipinski definition) is 7. The summed E-state index contributed by atoms with van der Waals surface area (Å²) >= 11 is 0. The molecule has 0 unspecified atom stereocenters. The van der Waals surface area contributed by atoms with E-state index in [0.29, 0.717) is 28.7 Å². The number of aromatic nitrogens is 5. The smallest absolute Gasteiger partial charge is 0.279 e. The van der Waals surface area contributed by atoms with Gasteiger partial charge in [-0.3, -0.25) is 14.2 Å². The van der Waals surface area contributed by atoms with Gasteiger partial charge in [-0.1, -0.05) is 6.07 Å². The van der Waals surface area contributed by atoms with E-state index in [1.807, 2.05) is 6.07 Å². The summed E-state index contributed by atoms with van der Waals surface area (Å²) in [6.45, 7) is 0. The first-order valence-electron chi connectivity index (χ1n) is 8.81. The Morgan fingerprint density at radius 2 is 1.93 bits per heavy atom. The van der Waals surface area contributed by atoms with Gasteiger partial charge in [-0.2, -0.15) is 0 Å². The van der Waals surface area contributed by atoms with Crippen molar-refractivity contribution in [1.29, 1.82) is 0 Å². The normalized spacial score (nSPS) is 10.7. The van der Waals surface area contributed by atoms with Gasteiger partial charge >= 0.3 is 0 Å². The van der Waals surface area contributed by atoms with Crippen LogP contribution in [0.25, 0.3) is 11.5 Å². The van der Waals surface area contributed by atoms with Gasteiger partial charge in [0, 0.05) is 32.6 Å². The van der Waals surface area contributed by atoms with Crippen molar-refractivity contribution in [3.05, 3.63) is 71.0 Å². The molecule has 4 aromatic rings. The Morgan fingerprint density at radius 3 is 2.66 bits per heavy atom. The second-order valence-corrected chi connectivity index (χ2v) is 6.06. The number of imidazole rings is 1. The number of carbonyl (C=O) groups excluding carboxylic acids is 1. The molecule has 146 valence electrons. The highest BCUT2D eigenvalue weighted by atomic mass is 16.2. The number of amides is 1. The molecule has 0 atom stereocenters. The zero-order valence-corrected chi connectivity index (χ0v) is 15.7. The summed E-state index contributed by atoms with van der Waals surface area (Å²) < 4.78 is 2.86. The van der Waals surface area contributed by atoms with E-state index < -0.39 is 0 Å². The summed E-state index contributed by atoms with van der Waals surface area (Å²) in [6.07, 6.45) is 4.71. The van der Waals surface area contributed by atoms with Crippen LogP contribution in [-0.2, 0) is 0 Å². The van der Waals surface area contributed by atoms with Gasteiger partial charge in [-0.25, -0.2) is 14.5 Å². The fourth-order valence-electron chi connectivity index (χ4n) is 2.90. The lowest BCUT2D eigenvalue weighted by atomic mass is 10.3. The monoisotopic (exact) mass is 390 g/mol. The first kappa shape index (κ1) is 18.2. The molecule has 0 aliphatic rings. The Balaban J connectivity index is 1.79. The SMILES string of the molecule is CNC(=O)c1cnc2c(NC)cc(Nc3cccn(-c4ccccn4)c3=O)nn12. The topological polar surface area (TPSA) is 118 Å². The molecule has 4 aromatic heterocycles. The lowest BCUT2D eigenvalue weighted by molar-refractivity contribution is 0.0956. The molecule has 0 spiro atoms. The average molecular weight is 390 g/mol. The van der Waals surface area contributed by atoms with E-state index in [4.69, 9.17) is 0 Å². The van der Waals surface area contributed by atoms with E-state index >= 15 is 0 Å². The quantitative estimate of drug-likeness (QED) is 0.472. The number of carbonyl (C=O) groups is 1. The van der Waals surface area contributed by atoms with Gasteiger partial charge in [0.15, 0.2) is 17.2 Å². The largest absolute Gasteiger partial charge is 0.385 e. The van der Waals surface area contributed by atoms with Gasteiger partial charge in [0.2, 0.25) is 0 Å². The van der Waals surface area contributed by atoms with E-state index in [0.717, 1.165) is 0 Å². The summed E-state index contributed by atoms with van der Waals surface area (Å²) in [4.78, 5) is 33.5. The molecule has 0 aromatic carbocycles. The number of hydrogen-bond donors (Lipinski definition) is 3. The van der Waals surface area contributed by atoms with Crippen LogP contribution in [0.5, 0.6) is 0 Å². The maximum atomic E-state index is 12.9. The van der Waals surface area contributed by atoms with Gasteiger partial charge < -0.3 is 16.0 Å². The second kappa shape index (κ2) is 7.43. The fraction of sp³-hybridized carbons (Fsp3) is 0.105. The first-order chi connectivity index (χ1) is 14.1. The van der Waals surface area contributed by atoms with Crippen LogP contribution in [0, 0.1) is 0 Å². The van der Waals surface area contributed by atoms with Crippen LogP contribution in [0.4, 0.5) is 17.2 Å². The second-order valence-electron chi connectivity index (χ2n) is 6.06. The Morgan fingerprint density at radius 1 is 1.07 bits per heavy atom. The molecule has 29 heavy (non-hydrogen) atoms. The zero-order chi connectivity index (χ0) is 20.4. The highest BCUT2D eigenvalue weighted by Crippen LogP contribution is 2.21. The fourth-order valence-corrected chi connectivity index (χ4v) is 2.90. The van der Waals surface area contributed by atoms with E-state index in [9.17, 15) is 9.59 Å². The van der Waals surface area contributed by atoms with Crippen molar-refractivity contribution in [2.45, 2.75) is 0 Å². The molecule has 10 heteroatoms. The maximum Gasteiger partial charge on any atom is 0.279 e. The van der Waals surface area contributed by atoms with Crippen LogP contribution in [0.15, 0.2) is 59.8 Å². The Kier molecular flexibility index (Phi) is 4.65. The molecular formula is C19H18N8O2. The molecule has 0 aliphatic heterocycles. The molecule has 10 nitrogen and oxygen atoms in total. The lowest BCUT2D eigenvalue weighted by Crippen LogP contribution is -2.22. The molecule has 1 amide bonds. The minimum absolute atomic E-state index is 0.279. The highest BCUT2D eigenvalue weighted by molar-refractivity contribution is 5.93. The van der Waals surface area contributed by atoms with Crippen LogP contribution >= 0.6 is 0 Å². The molecule has 4 heterocycles. The average Bonchev–Trinajstić information content (AvgIpc) is 3.18. The van der Waals surface area contributed by atoms with E-state index in [2.05, 4.69) is 31.0 Å². The van der Waals surface area contributed by atoms with Gasteiger partial charge in [0.05, 0.1) is 11.9 Å². The van der Waals surface area contributed by atoms with Crippen molar-refractivity contribution in [3.8, 4) is 5.82 Å². The molecule has 0 saturated carbocycles. The number of rotatable bonds is 5. The molecule has 0 fully saturated rings. The Hall–Kier alpha value is -4.21. The molecule has 0 aliphatic carbocycles. The van der Waals surface area contributed by atoms with Gasteiger partial charge in [-0.05, 0) is 24.3 Å². The lowest BCUT2D eigenvalue weighted by Gasteiger charge is -2.11. The number of nitrogens with one attached hydrogen (secondary N) is 3. The third-order valence-electron chi connectivity index (χ3n) is 4.30. The van der Waals surface area contributed by atoms with Crippen LogP contribution < -0.4 is 21.5 Å². The summed E-state index contributed by atoms with van der Waals surface area (Å²) in [5, 5.41) is 13.1. The van der Waals surface area contributed by atoms with Crippen LogP contribution in [0.3, 0.4) is 0 Å². The van der Waals surface area contributed by atoms with Crippen molar-refractivity contribution in [3.63, 3.8) is 0 Å². The van der Waals surface area contributed by atoms with Crippen molar-refractivity contribution in [2.75, 3.05) is 24.7 Å². The third-order valence-corrected chi connectivity index (χ3v) is 4.30. The number of nitrogens with zero attached hydrogens (tertiary/aromatic N) is 5. The minimum Gasteiger partial charge on any atom is -0.385 e. The van der Waals surface area contributed by atoms with Crippen LogP contribution in [0.2, 0.25) is 0 Å². The minimum atomic E-state index is -0.318. The van der Waals surface area contributed by atoms with Crippen molar-refractivity contribution in [2.24, 2.45) is 0 Å². The molecular weight excluding hydrogens is 372 g/mol. The molecule has 3 N–H and O–H groups in total. The first-order valence-corrected chi connectivity index (χ1v) is 8.81. The summed E-state index contributed by atoms with van der Waals surface area (Å²) in [7, 11) is 3.27. The molecule has 0 bridgehead atoms.